The van der Waals surface area contributed by atoms with Gasteiger partial charge in [0, 0.05) is 12.1 Å². The second-order valence-electron chi connectivity index (χ2n) is 2.94. The average Bonchev–Trinajstić information content (AvgIpc) is 2.77. The van der Waals surface area contributed by atoms with Gasteiger partial charge in [-0.1, -0.05) is 0 Å². The van der Waals surface area contributed by atoms with E-state index in [9.17, 15) is 0 Å². The van der Waals surface area contributed by atoms with Crippen molar-refractivity contribution in [3.05, 3.63) is 47.3 Å². The highest BCUT2D eigenvalue weighted by atomic mass is 35.5. The molecule has 0 spiro atoms. The number of nitrogens with one attached hydrogen (secondary N) is 1. The first-order chi connectivity index (χ1) is 6.84. The third-order valence-corrected chi connectivity index (χ3v) is 2.04. The van der Waals surface area contributed by atoms with E-state index in [0.29, 0.717) is 11.8 Å². The predicted molar refractivity (Wildman–Crippen MR) is 53.0 cm³/mol. The molecular weight excluding hydrogens is 202 g/mol. The summed E-state index contributed by atoms with van der Waals surface area (Å²) >= 11 is 5.63. The fourth-order valence-electron chi connectivity index (χ4n) is 1.17. The maximum absolute atomic E-state index is 5.63. The number of hydrogen-bond donors (Lipinski definition) is 1. The highest BCUT2D eigenvalue weighted by Gasteiger charge is 1.99. The molecule has 0 aliphatic rings. The first kappa shape index (κ1) is 9.37. The number of hydrogen-bond acceptors (Lipinski definition) is 3. The van der Waals surface area contributed by atoms with Gasteiger partial charge in [-0.05, 0) is 29.8 Å². The summed E-state index contributed by atoms with van der Waals surface area (Å²) in [4.78, 5) is 0. The van der Waals surface area contributed by atoms with Gasteiger partial charge in [0.1, 0.15) is 5.76 Å². The molecule has 2 aromatic heterocycles. The first-order valence-electron chi connectivity index (χ1n) is 4.30. The van der Waals surface area contributed by atoms with Crippen LogP contribution in [0.2, 0.25) is 5.22 Å². The normalized spacial score (nSPS) is 10.6. The van der Waals surface area contributed by atoms with E-state index in [0.717, 1.165) is 17.9 Å². The van der Waals surface area contributed by atoms with E-state index in [4.69, 9.17) is 20.4 Å². The largest absolute Gasteiger partial charge is 0.472 e. The zero-order chi connectivity index (χ0) is 9.80. The van der Waals surface area contributed by atoms with E-state index < -0.39 is 0 Å². The van der Waals surface area contributed by atoms with E-state index in [2.05, 4.69) is 5.32 Å². The third kappa shape index (κ3) is 2.40. The Balaban J connectivity index is 1.78. The average molecular weight is 212 g/mol. The lowest BCUT2D eigenvalue weighted by Crippen LogP contribution is -2.11. The number of halogens is 1. The third-order valence-electron chi connectivity index (χ3n) is 1.84. The van der Waals surface area contributed by atoms with Crippen LogP contribution < -0.4 is 5.32 Å². The molecule has 0 aromatic carbocycles. The summed E-state index contributed by atoms with van der Waals surface area (Å²) in [7, 11) is 0. The lowest BCUT2D eigenvalue weighted by Gasteiger charge is -1.98. The van der Waals surface area contributed by atoms with Crippen molar-refractivity contribution in [2.24, 2.45) is 0 Å². The summed E-state index contributed by atoms with van der Waals surface area (Å²) in [5, 5.41) is 3.63. The quantitative estimate of drug-likeness (QED) is 0.845. The van der Waals surface area contributed by atoms with Crippen molar-refractivity contribution in [3.8, 4) is 0 Å². The molecule has 0 fully saturated rings. The topological polar surface area (TPSA) is 38.3 Å². The Bertz CT molecular complexity index is 380. The van der Waals surface area contributed by atoms with Gasteiger partial charge in [0.25, 0.3) is 0 Å². The Labute approximate surface area is 86.7 Å². The second-order valence-corrected chi connectivity index (χ2v) is 3.31. The minimum atomic E-state index is 0.421. The van der Waals surface area contributed by atoms with Gasteiger partial charge in [0.2, 0.25) is 0 Å². The first-order valence-corrected chi connectivity index (χ1v) is 4.68. The Morgan fingerprint density at radius 2 is 2.14 bits per heavy atom. The number of furan rings is 2. The van der Waals surface area contributed by atoms with Gasteiger partial charge in [0.15, 0.2) is 5.22 Å². The molecule has 1 N–H and O–H groups in total. The van der Waals surface area contributed by atoms with Gasteiger partial charge in [-0.15, -0.1) is 0 Å². The SMILES string of the molecule is Clc1ccc(CNCc2ccoc2)o1. The second kappa shape index (κ2) is 4.35. The van der Waals surface area contributed by atoms with Crippen LogP contribution in [-0.4, -0.2) is 0 Å². The van der Waals surface area contributed by atoms with Gasteiger partial charge < -0.3 is 14.2 Å². The Morgan fingerprint density at radius 3 is 2.79 bits per heavy atom. The molecule has 0 saturated heterocycles. The van der Waals surface area contributed by atoms with Gasteiger partial charge in [-0.25, -0.2) is 0 Å². The van der Waals surface area contributed by atoms with Crippen LogP contribution in [0.15, 0.2) is 39.6 Å². The fourth-order valence-corrected chi connectivity index (χ4v) is 1.33. The van der Waals surface area contributed by atoms with E-state index >= 15 is 0 Å². The Hall–Kier alpha value is -1.19. The van der Waals surface area contributed by atoms with Crippen molar-refractivity contribution in [1.82, 2.24) is 5.32 Å². The molecule has 2 rings (SSSR count). The summed E-state index contributed by atoms with van der Waals surface area (Å²) in [6, 6.07) is 5.50. The van der Waals surface area contributed by atoms with Crippen LogP contribution in [-0.2, 0) is 13.1 Å². The van der Waals surface area contributed by atoms with Gasteiger partial charge >= 0.3 is 0 Å². The molecule has 0 aliphatic heterocycles. The van der Waals surface area contributed by atoms with E-state index in [1.54, 1.807) is 18.6 Å². The van der Waals surface area contributed by atoms with Crippen LogP contribution in [0.3, 0.4) is 0 Å². The number of rotatable bonds is 4. The van der Waals surface area contributed by atoms with Crippen molar-refractivity contribution in [2.45, 2.75) is 13.1 Å². The Morgan fingerprint density at radius 1 is 1.21 bits per heavy atom. The van der Waals surface area contributed by atoms with E-state index in [1.807, 2.05) is 12.1 Å². The monoisotopic (exact) mass is 211 g/mol. The van der Waals surface area contributed by atoms with Crippen LogP contribution in [0.25, 0.3) is 0 Å². The van der Waals surface area contributed by atoms with Crippen molar-refractivity contribution < 1.29 is 8.83 Å². The molecule has 3 nitrogen and oxygen atoms in total. The van der Waals surface area contributed by atoms with Gasteiger partial charge in [0.05, 0.1) is 19.1 Å². The Kier molecular flexibility index (Phi) is 2.91. The molecule has 0 bridgehead atoms. The molecule has 4 heteroatoms. The van der Waals surface area contributed by atoms with E-state index in [1.165, 1.54) is 0 Å². The summed E-state index contributed by atoms with van der Waals surface area (Å²) in [6.45, 7) is 1.42. The highest BCUT2D eigenvalue weighted by Crippen LogP contribution is 2.12. The van der Waals surface area contributed by atoms with Crippen molar-refractivity contribution in [2.75, 3.05) is 0 Å². The predicted octanol–water partition coefficient (Wildman–Crippen LogP) is 2.82. The highest BCUT2D eigenvalue weighted by molar-refractivity contribution is 6.28. The maximum Gasteiger partial charge on any atom is 0.193 e. The summed E-state index contributed by atoms with van der Waals surface area (Å²) in [5.41, 5.74) is 1.11. The molecule has 0 aliphatic carbocycles. The van der Waals surface area contributed by atoms with Crippen molar-refractivity contribution in [1.29, 1.82) is 0 Å². The van der Waals surface area contributed by atoms with Crippen LogP contribution in [0.4, 0.5) is 0 Å². The fraction of sp³-hybridized carbons (Fsp3) is 0.200. The molecule has 0 unspecified atom stereocenters. The summed E-state index contributed by atoms with van der Waals surface area (Å²) in [6.07, 6.45) is 3.36. The van der Waals surface area contributed by atoms with E-state index in [-0.39, 0.29) is 0 Å². The molecule has 0 amide bonds. The lowest BCUT2D eigenvalue weighted by molar-refractivity contribution is 0.483. The van der Waals surface area contributed by atoms with Gasteiger partial charge in [-0.2, -0.15) is 0 Å². The van der Waals surface area contributed by atoms with Crippen LogP contribution in [0, 0.1) is 0 Å². The molecule has 0 atom stereocenters. The molecule has 0 radical (unpaired) electrons. The summed E-state index contributed by atoms with van der Waals surface area (Å²) in [5.74, 6) is 0.832. The van der Waals surface area contributed by atoms with Crippen LogP contribution in [0.1, 0.15) is 11.3 Å². The minimum Gasteiger partial charge on any atom is -0.472 e. The maximum atomic E-state index is 5.63. The zero-order valence-corrected chi connectivity index (χ0v) is 8.25. The van der Waals surface area contributed by atoms with Crippen molar-refractivity contribution in [3.63, 3.8) is 0 Å². The molecule has 2 heterocycles. The smallest absolute Gasteiger partial charge is 0.193 e. The molecule has 74 valence electrons. The van der Waals surface area contributed by atoms with Crippen LogP contribution in [0.5, 0.6) is 0 Å². The van der Waals surface area contributed by atoms with Gasteiger partial charge in [-0.3, -0.25) is 0 Å². The molecular formula is C10H10ClNO2. The van der Waals surface area contributed by atoms with Crippen molar-refractivity contribution >= 4 is 11.6 Å². The summed E-state index contributed by atoms with van der Waals surface area (Å²) < 4.78 is 10.1. The van der Waals surface area contributed by atoms with Crippen LogP contribution >= 0.6 is 11.6 Å². The molecule has 2 aromatic rings. The standard InChI is InChI=1S/C10H10ClNO2/c11-10-2-1-9(14-10)6-12-5-8-3-4-13-7-8/h1-4,7,12H,5-6H2. The minimum absolute atomic E-state index is 0.421. The molecule has 0 saturated carbocycles. The zero-order valence-electron chi connectivity index (χ0n) is 7.50. The lowest BCUT2D eigenvalue weighted by atomic mass is 10.3. The molecule has 14 heavy (non-hydrogen) atoms.